The Morgan fingerprint density at radius 2 is 2.00 bits per heavy atom. The van der Waals surface area contributed by atoms with E-state index in [2.05, 4.69) is 5.32 Å². The highest BCUT2D eigenvalue weighted by Crippen LogP contribution is 2.35. The molecule has 4 heteroatoms. The van der Waals surface area contributed by atoms with E-state index in [1.165, 1.54) is 25.7 Å². The summed E-state index contributed by atoms with van der Waals surface area (Å²) in [7, 11) is 1.53. The monoisotopic (exact) mass is 279 g/mol. The zero-order valence-corrected chi connectivity index (χ0v) is 11.9. The van der Waals surface area contributed by atoms with Gasteiger partial charge in [-0.3, -0.25) is 0 Å². The van der Waals surface area contributed by atoms with Crippen molar-refractivity contribution in [1.29, 1.82) is 0 Å². The smallest absolute Gasteiger partial charge is 0.127 e. The van der Waals surface area contributed by atoms with Gasteiger partial charge in [-0.15, -0.1) is 0 Å². The predicted molar refractivity (Wildman–Crippen MR) is 75.4 cm³/mol. The van der Waals surface area contributed by atoms with Crippen molar-refractivity contribution in [1.82, 2.24) is 5.32 Å². The first kappa shape index (κ1) is 13.8. The van der Waals surface area contributed by atoms with Gasteiger partial charge in [-0.25, -0.2) is 4.39 Å². The first-order chi connectivity index (χ1) is 9.56. The van der Waals surface area contributed by atoms with Crippen molar-refractivity contribution >= 4 is 0 Å². The number of piperidine rings is 2. The van der Waals surface area contributed by atoms with Crippen LogP contribution in [0.25, 0.3) is 0 Å². The first-order valence-corrected chi connectivity index (χ1v) is 7.38. The highest BCUT2D eigenvalue weighted by molar-refractivity contribution is 5.30. The molecule has 2 atom stereocenters. The second-order valence-corrected chi connectivity index (χ2v) is 6.30. The van der Waals surface area contributed by atoms with Crippen LogP contribution in [0, 0.1) is 5.82 Å². The summed E-state index contributed by atoms with van der Waals surface area (Å²) in [5.74, 6) is 0.204. The number of methoxy groups -OCH3 is 1. The van der Waals surface area contributed by atoms with Gasteiger partial charge in [0.2, 0.25) is 0 Å². The van der Waals surface area contributed by atoms with Crippen molar-refractivity contribution in [3.63, 3.8) is 0 Å². The van der Waals surface area contributed by atoms with Crippen LogP contribution in [-0.4, -0.2) is 29.9 Å². The van der Waals surface area contributed by atoms with Crippen LogP contribution >= 0.6 is 0 Å². The maximum absolute atomic E-state index is 13.6. The van der Waals surface area contributed by atoms with Gasteiger partial charge in [0.15, 0.2) is 0 Å². The highest BCUT2D eigenvalue weighted by Gasteiger charge is 2.40. The van der Waals surface area contributed by atoms with E-state index in [1.807, 2.05) is 6.07 Å². The number of aliphatic hydroxyl groups is 1. The Balaban J connectivity index is 1.77. The molecule has 0 aromatic heterocycles. The van der Waals surface area contributed by atoms with Crippen molar-refractivity contribution in [2.24, 2.45) is 0 Å². The average molecular weight is 279 g/mol. The van der Waals surface area contributed by atoms with Gasteiger partial charge in [0.25, 0.3) is 0 Å². The number of ether oxygens (including phenoxy) is 1. The molecule has 2 fully saturated rings. The molecule has 0 amide bonds. The SMILES string of the molecule is COc1cc(F)cc(CC2(O)CC3CCCC(C2)N3)c1. The lowest BCUT2D eigenvalue weighted by Gasteiger charge is -2.45. The lowest BCUT2D eigenvalue weighted by atomic mass is 9.74. The molecule has 2 aliphatic heterocycles. The van der Waals surface area contributed by atoms with Crippen LogP contribution in [0.3, 0.4) is 0 Å². The molecule has 110 valence electrons. The second-order valence-electron chi connectivity index (χ2n) is 6.30. The Hall–Kier alpha value is -1.13. The van der Waals surface area contributed by atoms with Crippen LogP contribution in [-0.2, 0) is 6.42 Å². The summed E-state index contributed by atoms with van der Waals surface area (Å²) in [6.45, 7) is 0. The second kappa shape index (κ2) is 5.34. The largest absolute Gasteiger partial charge is 0.497 e. The minimum Gasteiger partial charge on any atom is -0.497 e. The molecule has 3 nitrogen and oxygen atoms in total. The fraction of sp³-hybridized carbons (Fsp3) is 0.625. The lowest BCUT2D eigenvalue weighted by molar-refractivity contribution is -0.0303. The van der Waals surface area contributed by atoms with Crippen LogP contribution < -0.4 is 10.1 Å². The van der Waals surface area contributed by atoms with Crippen molar-refractivity contribution in [2.45, 2.75) is 56.2 Å². The summed E-state index contributed by atoms with van der Waals surface area (Å²) in [5.41, 5.74) is 0.0871. The molecule has 2 aliphatic rings. The molecule has 2 N–H and O–H groups in total. The van der Waals surface area contributed by atoms with Gasteiger partial charge in [-0.1, -0.05) is 6.42 Å². The third-order valence-electron chi connectivity index (χ3n) is 4.53. The van der Waals surface area contributed by atoms with E-state index < -0.39 is 5.60 Å². The van der Waals surface area contributed by atoms with E-state index in [4.69, 9.17) is 4.74 Å². The van der Waals surface area contributed by atoms with Gasteiger partial charge in [-0.2, -0.15) is 0 Å². The zero-order chi connectivity index (χ0) is 14.2. The van der Waals surface area contributed by atoms with Gasteiger partial charge < -0.3 is 15.2 Å². The molecule has 2 saturated heterocycles. The van der Waals surface area contributed by atoms with E-state index in [0.717, 1.165) is 31.2 Å². The third kappa shape index (κ3) is 2.96. The molecule has 0 radical (unpaired) electrons. The number of hydrogen-bond acceptors (Lipinski definition) is 3. The van der Waals surface area contributed by atoms with Gasteiger partial charge in [0.1, 0.15) is 11.6 Å². The van der Waals surface area contributed by atoms with Crippen LogP contribution in [0.4, 0.5) is 4.39 Å². The molecule has 1 aromatic carbocycles. The first-order valence-electron chi connectivity index (χ1n) is 7.38. The number of fused-ring (bicyclic) bond motifs is 2. The molecular weight excluding hydrogens is 257 g/mol. The molecule has 1 aromatic rings. The van der Waals surface area contributed by atoms with Gasteiger partial charge in [0.05, 0.1) is 12.7 Å². The standard InChI is InChI=1S/C16H22FNO2/c1-20-15-6-11(5-12(17)7-15)8-16(19)9-13-3-2-4-14(10-16)18-13/h5-7,13-14,18-19H,2-4,8-10H2,1H3. The maximum atomic E-state index is 13.6. The van der Waals surface area contributed by atoms with E-state index in [1.54, 1.807) is 0 Å². The Bertz CT molecular complexity index is 479. The van der Waals surface area contributed by atoms with Crippen LogP contribution in [0.1, 0.15) is 37.7 Å². The fourth-order valence-corrected chi connectivity index (χ4v) is 3.80. The van der Waals surface area contributed by atoms with Crippen LogP contribution in [0.15, 0.2) is 18.2 Å². The van der Waals surface area contributed by atoms with E-state index in [9.17, 15) is 9.50 Å². The average Bonchev–Trinajstić information content (AvgIpc) is 2.36. The van der Waals surface area contributed by atoms with Crippen molar-refractivity contribution in [3.05, 3.63) is 29.6 Å². The predicted octanol–water partition coefficient (Wildman–Crippen LogP) is 2.41. The maximum Gasteiger partial charge on any atom is 0.127 e. The molecule has 2 unspecified atom stereocenters. The summed E-state index contributed by atoms with van der Waals surface area (Å²) in [6.07, 6.45) is 5.50. The summed E-state index contributed by atoms with van der Waals surface area (Å²) in [6, 6.07) is 5.49. The van der Waals surface area contributed by atoms with Crippen LogP contribution in [0.5, 0.6) is 5.75 Å². The highest BCUT2D eigenvalue weighted by atomic mass is 19.1. The number of benzene rings is 1. The molecule has 2 heterocycles. The number of halogens is 1. The minimum atomic E-state index is -0.722. The van der Waals surface area contributed by atoms with Crippen LogP contribution in [0.2, 0.25) is 0 Å². The van der Waals surface area contributed by atoms with E-state index in [0.29, 0.717) is 24.3 Å². The molecule has 20 heavy (non-hydrogen) atoms. The lowest BCUT2D eigenvalue weighted by Crippen LogP contribution is -2.56. The number of rotatable bonds is 3. The number of hydrogen-bond donors (Lipinski definition) is 2. The van der Waals surface area contributed by atoms with E-state index >= 15 is 0 Å². The fourth-order valence-electron chi connectivity index (χ4n) is 3.80. The summed E-state index contributed by atoms with van der Waals surface area (Å²) in [4.78, 5) is 0. The minimum absolute atomic E-state index is 0.308. The van der Waals surface area contributed by atoms with Gasteiger partial charge in [-0.05, 0) is 43.4 Å². The summed E-state index contributed by atoms with van der Waals surface area (Å²) >= 11 is 0. The zero-order valence-electron chi connectivity index (χ0n) is 11.9. The van der Waals surface area contributed by atoms with Crippen molar-refractivity contribution in [2.75, 3.05) is 7.11 Å². The Morgan fingerprint density at radius 3 is 2.65 bits per heavy atom. The third-order valence-corrected chi connectivity index (χ3v) is 4.53. The molecule has 0 spiro atoms. The Labute approximate surface area is 119 Å². The topological polar surface area (TPSA) is 41.5 Å². The van der Waals surface area contributed by atoms with E-state index in [-0.39, 0.29) is 5.82 Å². The Morgan fingerprint density at radius 1 is 1.30 bits per heavy atom. The number of nitrogens with one attached hydrogen (secondary N) is 1. The summed E-state index contributed by atoms with van der Waals surface area (Å²) < 4.78 is 18.6. The van der Waals surface area contributed by atoms with Crippen molar-refractivity contribution < 1.29 is 14.2 Å². The summed E-state index contributed by atoms with van der Waals surface area (Å²) in [5, 5.41) is 14.5. The van der Waals surface area contributed by atoms with Crippen molar-refractivity contribution in [3.8, 4) is 5.75 Å². The molecule has 0 aliphatic carbocycles. The quantitative estimate of drug-likeness (QED) is 0.893. The molecule has 0 saturated carbocycles. The molecule has 2 bridgehead atoms. The van der Waals surface area contributed by atoms with Gasteiger partial charge >= 0.3 is 0 Å². The molecular formula is C16H22FNO2. The Kier molecular flexibility index (Phi) is 3.69. The molecule has 3 rings (SSSR count). The van der Waals surface area contributed by atoms with Gasteiger partial charge in [0, 0.05) is 24.6 Å². The normalized spacial score (nSPS) is 33.0.